The number of carbonyl (C=O) groups excluding carboxylic acids is 1. The molecule has 0 fully saturated rings. The average molecular weight is 456 g/mol. The number of amides is 1. The van der Waals surface area contributed by atoms with Gasteiger partial charge in [0.2, 0.25) is 5.56 Å². The van der Waals surface area contributed by atoms with Crippen molar-refractivity contribution in [3.8, 4) is 0 Å². The highest BCUT2D eigenvalue weighted by Gasteiger charge is 2.25. The Labute approximate surface area is 187 Å². The Balaban J connectivity index is 1.64. The van der Waals surface area contributed by atoms with E-state index in [-0.39, 0.29) is 12.0 Å². The molecule has 2 aromatic carbocycles. The number of aromatic amines is 2. The van der Waals surface area contributed by atoms with Crippen molar-refractivity contribution in [2.45, 2.75) is 18.6 Å². The molecule has 0 aliphatic carbocycles. The number of benzene rings is 2. The fourth-order valence-corrected chi connectivity index (χ4v) is 3.89. The standard InChI is InChI=1S/C23H19Cl2N3O3/c24-16-5-6-18-15(9-16)11-20(27-18)23(31)28-19(10-13-3-1-2-4-17(13)25)22(30)14-7-8-26-21(29)12-14/h1-9,11-12,19,22,27,30H,10H2,(H,26,29)(H,28,31)/t19-,22?/m0/s1. The van der Waals surface area contributed by atoms with Gasteiger partial charge < -0.3 is 20.4 Å². The highest BCUT2D eigenvalue weighted by atomic mass is 35.5. The Hall–Kier alpha value is -3.06. The molecule has 2 atom stereocenters. The smallest absolute Gasteiger partial charge is 0.268 e. The van der Waals surface area contributed by atoms with E-state index >= 15 is 0 Å². The minimum absolute atomic E-state index is 0.269. The molecule has 0 saturated carbocycles. The van der Waals surface area contributed by atoms with Gasteiger partial charge in [0.05, 0.1) is 12.1 Å². The third kappa shape index (κ3) is 4.82. The van der Waals surface area contributed by atoms with Crippen molar-refractivity contribution in [2.24, 2.45) is 0 Å². The topological polar surface area (TPSA) is 98.0 Å². The third-order valence-corrected chi connectivity index (χ3v) is 5.67. The van der Waals surface area contributed by atoms with Crippen LogP contribution in [0.5, 0.6) is 0 Å². The molecule has 2 heterocycles. The molecule has 4 rings (SSSR count). The Morgan fingerprint density at radius 1 is 1.06 bits per heavy atom. The lowest BCUT2D eigenvalue weighted by Gasteiger charge is -2.25. The van der Waals surface area contributed by atoms with Gasteiger partial charge >= 0.3 is 0 Å². The maximum Gasteiger partial charge on any atom is 0.268 e. The van der Waals surface area contributed by atoms with E-state index in [0.717, 1.165) is 16.5 Å². The minimum Gasteiger partial charge on any atom is -0.386 e. The summed E-state index contributed by atoms with van der Waals surface area (Å²) in [6.45, 7) is 0. The van der Waals surface area contributed by atoms with Crippen LogP contribution in [-0.4, -0.2) is 27.0 Å². The number of halogens is 2. The maximum atomic E-state index is 13.0. The summed E-state index contributed by atoms with van der Waals surface area (Å²) in [5.74, 6) is -0.395. The van der Waals surface area contributed by atoms with Gasteiger partial charge in [0.15, 0.2) is 0 Å². The van der Waals surface area contributed by atoms with Crippen LogP contribution < -0.4 is 10.9 Å². The van der Waals surface area contributed by atoms with Gasteiger partial charge in [0.25, 0.3) is 5.91 Å². The lowest BCUT2D eigenvalue weighted by molar-refractivity contribution is 0.0828. The molecule has 8 heteroatoms. The van der Waals surface area contributed by atoms with Crippen LogP contribution >= 0.6 is 23.2 Å². The Bertz CT molecular complexity index is 1300. The monoisotopic (exact) mass is 455 g/mol. The number of pyridine rings is 1. The van der Waals surface area contributed by atoms with E-state index in [4.69, 9.17) is 23.2 Å². The lowest BCUT2D eigenvalue weighted by Crippen LogP contribution is -2.41. The third-order valence-electron chi connectivity index (χ3n) is 5.06. The van der Waals surface area contributed by atoms with Gasteiger partial charge in [0.1, 0.15) is 5.69 Å². The van der Waals surface area contributed by atoms with Gasteiger partial charge in [0, 0.05) is 33.2 Å². The van der Waals surface area contributed by atoms with E-state index in [0.29, 0.717) is 21.3 Å². The second kappa shape index (κ2) is 8.98. The first kappa shape index (κ1) is 21.2. The normalized spacial score (nSPS) is 13.1. The van der Waals surface area contributed by atoms with E-state index in [9.17, 15) is 14.7 Å². The predicted molar refractivity (Wildman–Crippen MR) is 122 cm³/mol. The quantitative estimate of drug-likeness (QED) is 0.350. The number of aliphatic hydroxyl groups is 1. The Kier molecular flexibility index (Phi) is 6.13. The zero-order chi connectivity index (χ0) is 22.0. The molecule has 4 N–H and O–H groups in total. The van der Waals surface area contributed by atoms with Crippen LogP contribution in [0.2, 0.25) is 10.0 Å². The van der Waals surface area contributed by atoms with Crippen molar-refractivity contribution >= 4 is 40.0 Å². The number of nitrogens with one attached hydrogen (secondary N) is 3. The van der Waals surface area contributed by atoms with Crippen molar-refractivity contribution in [3.63, 3.8) is 0 Å². The summed E-state index contributed by atoms with van der Waals surface area (Å²) < 4.78 is 0. The first-order chi connectivity index (χ1) is 14.9. The highest BCUT2D eigenvalue weighted by Crippen LogP contribution is 2.24. The molecule has 2 aromatic heterocycles. The summed E-state index contributed by atoms with van der Waals surface area (Å²) in [6.07, 6.45) is 0.601. The molecule has 158 valence electrons. The summed E-state index contributed by atoms with van der Waals surface area (Å²) in [7, 11) is 0. The van der Waals surface area contributed by atoms with Gasteiger partial charge in [-0.3, -0.25) is 9.59 Å². The number of hydrogen-bond donors (Lipinski definition) is 4. The summed E-state index contributed by atoms with van der Waals surface area (Å²) in [6, 6.07) is 16.4. The number of carbonyl (C=O) groups is 1. The van der Waals surface area contributed by atoms with Gasteiger partial charge in [-0.25, -0.2) is 0 Å². The van der Waals surface area contributed by atoms with E-state index < -0.39 is 18.1 Å². The molecule has 0 aliphatic rings. The van der Waals surface area contributed by atoms with Gasteiger partial charge in [-0.1, -0.05) is 41.4 Å². The second-order valence-electron chi connectivity index (χ2n) is 7.22. The summed E-state index contributed by atoms with van der Waals surface area (Å²) >= 11 is 12.3. The van der Waals surface area contributed by atoms with E-state index in [2.05, 4.69) is 15.3 Å². The molecule has 1 unspecified atom stereocenters. The number of aliphatic hydroxyl groups excluding tert-OH is 1. The number of rotatable bonds is 6. The minimum atomic E-state index is -1.12. The average Bonchev–Trinajstić information content (AvgIpc) is 3.17. The first-order valence-electron chi connectivity index (χ1n) is 9.60. The fourth-order valence-electron chi connectivity index (χ4n) is 3.49. The largest absolute Gasteiger partial charge is 0.386 e. The van der Waals surface area contributed by atoms with Gasteiger partial charge in [-0.2, -0.15) is 0 Å². The van der Waals surface area contributed by atoms with Crippen LogP contribution in [0.3, 0.4) is 0 Å². The Morgan fingerprint density at radius 3 is 2.65 bits per heavy atom. The SMILES string of the molecule is O=C(N[C@@H](Cc1ccccc1Cl)C(O)c1cc[nH]c(=O)c1)c1cc2cc(Cl)ccc2[nH]1. The lowest BCUT2D eigenvalue weighted by atomic mass is 9.96. The van der Waals surface area contributed by atoms with Crippen molar-refractivity contribution in [3.05, 3.63) is 104 Å². The summed E-state index contributed by atoms with van der Waals surface area (Å²) in [5.41, 5.74) is 1.92. The van der Waals surface area contributed by atoms with Crippen LogP contribution in [0.1, 0.15) is 27.7 Å². The van der Waals surface area contributed by atoms with Crippen molar-refractivity contribution in [2.75, 3.05) is 0 Å². The molecule has 0 bridgehead atoms. The molecule has 1 amide bonds. The van der Waals surface area contributed by atoms with Crippen LogP contribution in [-0.2, 0) is 6.42 Å². The van der Waals surface area contributed by atoms with E-state index in [1.807, 2.05) is 18.2 Å². The van der Waals surface area contributed by atoms with Crippen LogP contribution in [0.4, 0.5) is 0 Å². The molecule has 0 aliphatic heterocycles. The summed E-state index contributed by atoms with van der Waals surface area (Å²) in [4.78, 5) is 30.3. The number of fused-ring (bicyclic) bond motifs is 1. The number of H-pyrrole nitrogens is 2. The number of aromatic nitrogens is 2. The first-order valence-corrected chi connectivity index (χ1v) is 10.4. The van der Waals surface area contributed by atoms with Crippen LogP contribution in [0, 0.1) is 0 Å². The molecule has 6 nitrogen and oxygen atoms in total. The number of hydrogen-bond acceptors (Lipinski definition) is 3. The van der Waals surface area contributed by atoms with Crippen molar-refractivity contribution < 1.29 is 9.90 Å². The zero-order valence-electron chi connectivity index (χ0n) is 16.2. The molecule has 0 saturated heterocycles. The Morgan fingerprint density at radius 2 is 1.87 bits per heavy atom. The molecule has 0 spiro atoms. The predicted octanol–water partition coefficient (Wildman–Crippen LogP) is 4.24. The summed E-state index contributed by atoms with van der Waals surface area (Å²) in [5, 5.41) is 15.8. The zero-order valence-corrected chi connectivity index (χ0v) is 17.7. The molecule has 0 radical (unpaired) electrons. The molecular formula is C23H19Cl2N3O3. The molecular weight excluding hydrogens is 437 g/mol. The van der Waals surface area contributed by atoms with E-state index in [1.54, 1.807) is 36.4 Å². The van der Waals surface area contributed by atoms with Gasteiger partial charge in [-0.15, -0.1) is 0 Å². The maximum absolute atomic E-state index is 13.0. The molecule has 31 heavy (non-hydrogen) atoms. The second-order valence-corrected chi connectivity index (χ2v) is 8.06. The highest BCUT2D eigenvalue weighted by molar-refractivity contribution is 6.31. The van der Waals surface area contributed by atoms with Crippen LogP contribution in [0.15, 0.2) is 71.7 Å². The van der Waals surface area contributed by atoms with Crippen LogP contribution in [0.25, 0.3) is 10.9 Å². The fraction of sp³-hybridized carbons (Fsp3) is 0.130. The van der Waals surface area contributed by atoms with Crippen molar-refractivity contribution in [1.82, 2.24) is 15.3 Å². The van der Waals surface area contributed by atoms with Gasteiger partial charge in [-0.05, 0) is 53.9 Å². The molecule has 4 aromatic rings. The van der Waals surface area contributed by atoms with Crippen molar-refractivity contribution in [1.29, 1.82) is 0 Å². The van der Waals surface area contributed by atoms with E-state index in [1.165, 1.54) is 12.3 Å².